The SMILES string of the molecule is CCOc1ccc(C(=O)NC[C@@H](c2ccc(N(C)C)cc2)N(C)C)cc1. The highest BCUT2D eigenvalue weighted by molar-refractivity contribution is 5.94. The van der Waals surface area contributed by atoms with Crippen LogP contribution in [-0.4, -0.2) is 52.1 Å². The lowest BCUT2D eigenvalue weighted by Gasteiger charge is -2.26. The van der Waals surface area contributed by atoms with Crippen LogP contribution in [0.3, 0.4) is 0 Å². The van der Waals surface area contributed by atoms with E-state index in [1.807, 2.05) is 47.2 Å². The van der Waals surface area contributed by atoms with E-state index in [4.69, 9.17) is 4.74 Å². The third-order valence-corrected chi connectivity index (χ3v) is 4.30. The van der Waals surface area contributed by atoms with Crippen LogP contribution in [0.4, 0.5) is 5.69 Å². The van der Waals surface area contributed by atoms with Crippen molar-refractivity contribution in [3.05, 3.63) is 59.7 Å². The summed E-state index contributed by atoms with van der Waals surface area (Å²) in [4.78, 5) is 16.6. The second kappa shape index (κ2) is 9.25. The molecule has 0 saturated carbocycles. The fourth-order valence-corrected chi connectivity index (χ4v) is 2.75. The summed E-state index contributed by atoms with van der Waals surface area (Å²) in [5.41, 5.74) is 2.96. The van der Waals surface area contributed by atoms with E-state index < -0.39 is 0 Å². The standard InChI is InChI=1S/C21H29N3O2/c1-6-26-19-13-9-17(10-14-19)21(25)22-15-20(24(4)5)16-7-11-18(12-8-16)23(2)3/h7-14,20H,6,15H2,1-5H3,(H,22,25)/t20-/m0/s1. The Morgan fingerprint density at radius 3 is 2.12 bits per heavy atom. The van der Waals surface area contributed by atoms with Crippen LogP contribution in [-0.2, 0) is 0 Å². The normalized spacial score (nSPS) is 11.9. The molecule has 140 valence electrons. The summed E-state index contributed by atoms with van der Waals surface area (Å²) in [7, 11) is 8.09. The first kappa shape index (κ1) is 19.8. The fourth-order valence-electron chi connectivity index (χ4n) is 2.75. The Morgan fingerprint density at radius 1 is 1.00 bits per heavy atom. The van der Waals surface area contributed by atoms with E-state index in [9.17, 15) is 4.79 Å². The Morgan fingerprint density at radius 2 is 1.62 bits per heavy atom. The van der Waals surface area contributed by atoms with Crippen molar-refractivity contribution < 1.29 is 9.53 Å². The number of likely N-dealkylation sites (N-methyl/N-ethyl adjacent to an activating group) is 1. The molecule has 26 heavy (non-hydrogen) atoms. The molecule has 0 fully saturated rings. The Bertz CT molecular complexity index is 694. The molecule has 0 unspecified atom stereocenters. The number of nitrogens with one attached hydrogen (secondary N) is 1. The molecule has 0 aliphatic heterocycles. The van der Waals surface area contributed by atoms with E-state index in [0.29, 0.717) is 18.7 Å². The molecular weight excluding hydrogens is 326 g/mol. The zero-order valence-electron chi connectivity index (χ0n) is 16.3. The van der Waals surface area contributed by atoms with Crippen molar-refractivity contribution in [2.75, 3.05) is 46.2 Å². The average molecular weight is 355 g/mol. The first-order chi connectivity index (χ1) is 12.4. The largest absolute Gasteiger partial charge is 0.494 e. The summed E-state index contributed by atoms with van der Waals surface area (Å²) in [6.07, 6.45) is 0. The van der Waals surface area contributed by atoms with Gasteiger partial charge in [0.15, 0.2) is 0 Å². The van der Waals surface area contributed by atoms with E-state index in [2.05, 4.69) is 39.4 Å². The second-order valence-electron chi connectivity index (χ2n) is 6.63. The van der Waals surface area contributed by atoms with Gasteiger partial charge in [-0.25, -0.2) is 0 Å². The Kier molecular flexibility index (Phi) is 7.04. The Balaban J connectivity index is 2.02. The molecule has 2 rings (SSSR count). The minimum atomic E-state index is -0.0789. The lowest BCUT2D eigenvalue weighted by Crippen LogP contribution is -2.34. The lowest BCUT2D eigenvalue weighted by molar-refractivity contribution is 0.0942. The average Bonchev–Trinajstić information content (AvgIpc) is 2.62. The zero-order chi connectivity index (χ0) is 19.1. The van der Waals surface area contributed by atoms with E-state index in [1.54, 1.807) is 12.1 Å². The predicted molar refractivity (Wildman–Crippen MR) is 107 cm³/mol. The Labute approximate surface area is 156 Å². The summed E-state index contributed by atoms with van der Waals surface area (Å²) in [5.74, 6) is 0.695. The third-order valence-electron chi connectivity index (χ3n) is 4.30. The smallest absolute Gasteiger partial charge is 0.251 e. The molecule has 0 spiro atoms. The van der Waals surface area contributed by atoms with Crippen LogP contribution < -0.4 is 15.0 Å². The van der Waals surface area contributed by atoms with Crippen LogP contribution in [0, 0.1) is 0 Å². The van der Waals surface area contributed by atoms with Gasteiger partial charge in [-0.2, -0.15) is 0 Å². The molecule has 0 saturated heterocycles. The number of hydrogen-bond acceptors (Lipinski definition) is 4. The molecule has 1 amide bonds. The van der Waals surface area contributed by atoms with Crippen molar-refractivity contribution in [2.45, 2.75) is 13.0 Å². The molecule has 2 aromatic rings. The number of ether oxygens (including phenoxy) is 1. The predicted octanol–water partition coefficient (Wildman–Crippen LogP) is 3.18. The van der Waals surface area contributed by atoms with Gasteiger partial charge in [-0.1, -0.05) is 12.1 Å². The van der Waals surface area contributed by atoms with Gasteiger partial charge in [-0.05, 0) is 63.0 Å². The molecule has 1 atom stereocenters. The van der Waals surface area contributed by atoms with Gasteiger partial charge in [0.2, 0.25) is 0 Å². The van der Waals surface area contributed by atoms with Gasteiger partial charge in [0.1, 0.15) is 5.75 Å². The third kappa shape index (κ3) is 5.23. The maximum Gasteiger partial charge on any atom is 0.251 e. The summed E-state index contributed by atoms with van der Waals surface area (Å²) in [5, 5.41) is 3.04. The van der Waals surface area contributed by atoms with Gasteiger partial charge in [-0.3, -0.25) is 4.79 Å². The van der Waals surface area contributed by atoms with Crippen molar-refractivity contribution in [3.8, 4) is 5.75 Å². The van der Waals surface area contributed by atoms with Gasteiger partial charge in [0.05, 0.1) is 12.6 Å². The van der Waals surface area contributed by atoms with Crippen molar-refractivity contribution >= 4 is 11.6 Å². The van der Waals surface area contributed by atoms with E-state index >= 15 is 0 Å². The highest BCUT2D eigenvalue weighted by Gasteiger charge is 2.16. The molecule has 0 aliphatic rings. The molecular formula is C21H29N3O2. The number of carbonyl (C=O) groups excluding carboxylic acids is 1. The van der Waals surface area contributed by atoms with E-state index in [0.717, 1.165) is 11.4 Å². The summed E-state index contributed by atoms with van der Waals surface area (Å²) >= 11 is 0. The number of carbonyl (C=O) groups is 1. The molecule has 0 aliphatic carbocycles. The maximum atomic E-state index is 12.4. The molecule has 0 bridgehead atoms. The lowest BCUT2D eigenvalue weighted by atomic mass is 10.0. The first-order valence-corrected chi connectivity index (χ1v) is 8.87. The molecule has 5 nitrogen and oxygen atoms in total. The zero-order valence-corrected chi connectivity index (χ0v) is 16.3. The van der Waals surface area contributed by atoms with Crippen molar-refractivity contribution in [2.24, 2.45) is 0 Å². The first-order valence-electron chi connectivity index (χ1n) is 8.87. The molecule has 0 aromatic heterocycles. The number of hydrogen-bond donors (Lipinski definition) is 1. The van der Waals surface area contributed by atoms with Gasteiger partial charge in [0.25, 0.3) is 5.91 Å². The molecule has 0 radical (unpaired) electrons. The van der Waals surface area contributed by atoms with Gasteiger partial charge >= 0.3 is 0 Å². The van der Waals surface area contributed by atoms with Crippen molar-refractivity contribution in [1.29, 1.82) is 0 Å². The molecule has 5 heteroatoms. The second-order valence-corrected chi connectivity index (χ2v) is 6.63. The minimum Gasteiger partial charge on any atom is -0.494 e. The summed E-state index contributed by atoms with van der Waals surface area (Å²) < 4.78 is 5.41. The van der Waals surface area contributed by atoms with Crippen LogP contribution in [0.2, 0.25) is 0 Å². The topological polar surface area (TPSA) is 44.8 Å². The van der Waals surface area contributed by atoms with Crippen LogP contribution in [0.1, 0.15) is 28.9 Å². The number of rotatable bonds is 8. The van der Waals surface area contributed by atoms with Crippen molar-refractivity contribution in [3.63, 3.8) is 0 Å². The van der Waals surface area contributed by atoms with Crippen LogP contribution in [0.25, 0.3) is 0 Å². The maximum absolute atomic E-state index is 12.4. The van der Waals surface area contributed by atoms with Crippen LogP contribution in [0.15, 0.2) is 48.5 Å². The summed E-state index contributed by atoms with van der Waals surface area (Å²) in [6, 6.07) is 15.8. The molecule has 2 aromatic carbocycles. The quantitative estimate of drug-likeness (QED) is 0.790. The number of anilines is 1. The summed E-state index contributed by atoms with van der Waals surface area (Å²) in [6.45, 7) is 3.09. The van der Waals surface area contributed by atoms with Gasteiger partial charge in [-0.15, -0.1) is 0 Å². The fraction of sp³-hybridized carbons (Fsp3) is 0.381. The highest BCUT2D eigenvalue weighted by Crippen LogP contribution is 2.21. The van der Waals surface area contributed by atoms with Crippen LogP contribution in [0.5, 0.6) is 5.75 Å². The number of nitrogens with zero attached hydrogens (tertiary/aromatic N) is 2. The number of amides is 1. The van der Waals surface area contributed by atoms with E-state index in [1.165, 1.54) is 5.56 Å². The van der Waals surface area contributed by atoms with Gasteiger partial charge < -0.3 is 19.9 Å². The van der Waals surface area contributed by atoms with Crippen LogP contribution >= 0.6 is 0 Å². The Hall–Kier alpha value is -2.53. The van der Waals surface area contributed by atoms with E-state index in [-0.39, 0.29) is 11.9 Å². The highest BCUT2D eigenvalue weighted by atomic mass is 16.5. The monoisotopic (exact) mass is 355 g/mol. The van der Waals surface area contributed by atoms with Gasteiger partial charge in [0, 0.05) is 31.9 Å². The molecule has 0 heterocycles. The number of benzene rings is 2. The molecule has 1 N–H and O–H groups in total. The van der Waals surface area contributed by atoms with Crippen molar-refractivity contribution in [1.82, 2.24) is 10.2 Å². The minimum absolute atomic E-state index is 0.0789.